The predicted molar refractivity (Wildman–Crippen MR) is 125 cm³/mol. The van der Waals surface area contributed by atoms with E-state index < -0.39 is 23.9 Å². The van der Waals surface area contributed by atoms with E-state index in [4.69, 9.17) is 14.2 Å². The van der Waals surface area contributed by atoms with Crippen molar-refractivity contribution in [3.8, 4) is 11.5 Å². The third kappa shape index (κ3) is 4.84. The van der Waals surface area contributed by atoms with Crippen LogP contribution >= 0.6 is 0 Å². The highest BCUT2D eigenvalue weighted by atomic mass is 16.5. The van der Waals surface area contributed by atoms with Gasteiger partial charge < -0.3 is 19.5 Å². The zero-order chi connectivity index (χ0) is 25.1. The molecule has 1 aliphatic carbocycles. The van der Waals surface area contributed by atoms with Gasteiger partial charge in [0.15, 0.2) is 17.6 Å². The summed E-state index contributed by atoms with van der Waals surface area (Å²) in [5.41, 5.74) is 1.13. The lowest BCUT2D eigenvalue weighted by molar-refractivity contribution is -0.129. The second-order valence-electron chi connectivity index (χ2n) is 8.65. The molecule has 3 amide bonds. The number of hydrogen-bond acceptors (Lipinski definition) is 7. The van der Waals surface area contributed by atoms with Gasteiger partial charge >= 0.3 is 5.97 Å². The van der Waals surface area contributed by atoms with E-state index in [1.54, 1.807) is 24.3 Å². The Morgan fingerprint density at radius 3 is 2.23 bits per heavy atom. The molecule has 1 heterocycles. The predicted octanol–water partition coefficient (Wildman–Crippen LogP) is 3.10. The Hall–Kier alpha value is -3.88. The molecule has 0 spiro atoms. The lowest BCUT2D eigenvalue weighted by atomic mass is 10.1. The van der Waals surface area contributed by atoms with Gasteiger partial charge in [-0.2, -0.15) is 0 Å². The number of fused-ring (bicyclic) bond motifs is 1. The Labute approximate surface area is 203 Å². The van der Waals surface area contributed by atoms with Crippen molar-refractivity contribution in [2.24, 2.45) is 0 Å². The topological polar surface area (TPSA) is 111 Å². The molecule has 2 aromatic carbocycles. The number of carbonyl (C=O) groups is 4. The molecule has 1 fully saturated rings. The van der Waals surface area contributed by atoms with E-state index in [0.29, 0.717) is 16.7 Å². The summed E-state index contributed by atoms with van der Waals surface area (Å²) in [6.45, 7) is 1.38. The maximum Gasteiger partial charge on any atom is 0.339 e. The number of ether oxygens (including phenoxy) is 3. The van der Waals surface area contributed by atoms with E-state index in [1.807, 2.05) is 0 Å². The molecule has 1 N–H and O–H groups in total. The van der Waals surface area contributed by atoms with Crippen LogP contribution in [0, 0.1) is 0 Å². The number of rotatable bonds is 8. The average molecular weight is 481 g/mol. The van der Waals surface area contributed by atoms with Crippen LogP contribution in [-0.4, -0.2) is 55.0 Å². The zero-order valence-corrected chi connectivity index (χ0v) is 20.0. The third-order valence-electron chi connectivity index (χ3n) is 6.35. The fraction of sp³-hybridized carbons (Fsp3) is 0.385. The molecule has 4 rings (SSSR count). The van der Waals surface area contributed by atoms with Crippen LogP contribution in [0.4, 0.5) is 0 Å². The van der Waals surface area contributed by atoms with Crippen molar-refractivity contribution in [3.63, 3.8) is 0 Å². The molecule has 9 nitrogen and oxygen atoms in total. The smallest absolute Gasteiger partial charge is 0.339 e. The van der Waals surface area contributed by atoms with E-state index in [9.17, 15) is 19.2 Å². The number of benzene rings is 2. The minimum atomic E-state index is -0.990. The highest BCUT2D eigenvalue weighted by Gasteiger charge is 2.36. The van der Waals surface area contributed by atoms with Crippen LogP contribution in [-0.2, 0) is 16.1 Å². The molecule has 184 valence electrons. The zero-order valence-electron chi connectivity index (χ0n) is 20.0. The van der Waals surface area contributed by atoms with Crippen LogP contribution in [0.3, 0.4) is 0 Å². The maximum absolute atomic E-state index is 12.9. The van der Waals surface area contributed by atoms with Crippen molar-refractivity contribution >= 4 is 23.7 Å². The number of imide groups is 1. The second kappa shape index (κ2) is 10.2. The van der Waals surface area contributed by atoms with Gasteiger partial charge in [0.25, 0.3) is 17.7 Å². The monoisotopic (exact) mass is 480 g/mol. The molecule has 0 saturated heterocycles. The number of hydrogen-bond donors (Lipinski definition) is 1. The van der Waals surface area contributed by atoms with E-state index in [2.05, 4.69) is 5.32 Å². The summed E-state index contributed by atoms with van der Waals surface area (Å²) in [5.74, 6) is -1.43. The van der Waals surface area contributed by atoms with E-state index in [-0.39, 0.29) is 35.6 Å². The van der Waals surface area contributed by atoms with Crippen LogP contribution in [0.5, 0.6) is 11.5 Å². The Bertz CT molecular complexity index is 1140. The van der Waals surface area contributed by atoms with Gasteiger partial charge in [0.05, 0.1) is 37.5 Å². The highest BCUT2D eigenvalue weighted by Crippen LogP contribution is 2.35. The summed E-state index contributed by atoms with van der Waals surface area (Å²) >= 11 is 0. The van der Waals surface area contributed by atoms with E-state index >= 15 is 0 Å². The largest absolute Gasteiger partial charge is 0.493 e. The van der Waals surface area contributed by atoms with Crippen molar-refractivity contribution in [3.05, 3.63) is 58.7 Å². The van der Waals surface area contributed by atoms with Crippen molar-refractivity contribution < 1.29 is 33.4 Å². The summed E-state index contributed by atoms with van der Waals surface area (Å²) in [6, 6.07) is 9.60. The number of carbonyl (C=O) groups excluding carboxylic acids is 4. The summed E-state index contributed by atoms with van der Waals surface area (Å²) < 4.78 is 16.3. The molecular formula is C26H28N2O7. The van der Waals surface area contributed by atoms with Gasteiger partial charge in [0, 0.05) is 11.6 Å². The number of amides is 3. The standard InChI is InChI=1S/C26H28N2O7/c1-15(23(29)27-18-8-4-5-9-18)35-26(32)16-12-17(22(34-3)21(13-16)33-2)14-28-24(30)19-10-6-7-11-20(19)25(28)31/h6-7,10-13,15,18H,4-5,8-9,14H2,1-3H3,(H,27,29)/t15-/m0/s1. The minimum Gasteiger partial charge on any atom is -0.493 e. The van der Waals surface area contributed by atoms with Crippen molar-refractivity contribution in [2.75, 3.05) is 14.2 Å². The minimum absolute atomic E-state index is 0.106. The van der Waals surface area contributed by atoms with Crippen molar-refractivity contribution in [2.45, 2.75) is 51.3 Å². The lowest BCUT2D eigenvalue weighted by Crippen LogP contribution is -2.40. The van der Waals surface area contributed by atoms with Crippen molar-refractivity contribution in [1.82, 2.24) is 10.2 Å². The van der Waals surface area contributed by atoms with Gasteiger partial charge in [-0.25, -0.2) is 4.79 Å². The molecule has 9 heteroatoms. The normalized spacial score (nSPS) is 16.1. The van der Waals surface area contributed by atoms with Gasteiger partial charge in [-0.1, -0.05) is 25.0 Å². The summed E-state index contributed by atoms with van der Waals surface area (Å²) in [7, 11) is 2.84. The first kappa shape index (κ1) is 24.3. The quantitative estimate of drug-likeness (QED) is 0.456. The Morgan fingerprint density at radius 1 is 1.03 bits per heavy atom. The first-order chi connectivity index (χ1) is 16.8. The van der Waals surface area contributed by atoms with Crippen LogP contribution in [0.1, 0.15) is 69.2 Å². The van der Waals surface area contributed by atoms with Gasteiger partial charge in [-0.3, -0.25) is 19.3 Å². The Kier molecular flexibility index (Phi) is 7.04. The summed E-state index contributed by atoms with van der Waals surface area (Å²) in [4.78, 5) is 52.1. The third-order valence-corrected chi connectivity index (χ3v) is 6.35. The number of esters is 1. The number of nitrogens with one attached hydrogen (secondary N) is 1. The SMILES string of the molecule is COc1cc(C(=O)O[C@@H](C)C(=O)NC2CCCC2)cc(CN2C(=O)c3ccccc3C2=O)c1OC. The van der Waals surface area contributed by atoms with Crippen LogP contribution in [0.2, 0.25) is 0 Å². The van der Waals surface area contributed by atoms with Crippen LogP contribution < -0.4 is 14.8 Å². The van der Waals surface area contributed by atoms with Crippen LogP contribution in [0.15, 0.2) is 36.4 Å². The lowest BCUT2D eigenvalue weighted by Gasteiger charge is -2.20. The molecule has 2 aromatic rings. The van der Waals surface area contributed by atoms with Crippen molar-refractivity contribution in [1.29, 1.82) is 0 Å². The van der Waals surface area contributed by atoms with Crippen LogP contribution in [0.25, 0.3) is 0 Å². The summed E-state index contributed by atoms with van der Waals surface area (Å²) in [6.07, 6.45) is 2.99. The number of methoxy groups -OCH3 is 2. The molecule has 0 unspecified atom stereocenters. The van der Waals surface area contributed by atoms with Gasteiger partial charge in [-0.15, -0.1) is 0 Å². The molecule has 0 aromatic heterocycles. The molecule has 0 bridgehead atoms. The maximum atomic E-state index is 12.9. The Morgan fingerprint density at radius 2 is 1.66 bits per heavy atom. The molecule has 1 saturated carbocycles. The Balaban J connectivity index is 1.55. The summed E-state index contributed by atoms with van der Waals surface area (Å²) in [5, 5.41) is 2.91. The van der Waals surface area contributed by atoms with E-state index in [1.165, 1.54) is 33.3 Å². The molecule has 1 atom stereocenters. The average Bonchev–Trinajstić information content (AvgIpc) is 3.46. The fourth-order valence-electron chi connectivity index (χ4n) is 4.50. The molecule has 35 heavy (non-hydrogen) atoms. The fourth-order valence-corrected chi connectivity index (χ4v) is 4.50. The molecule has 0 radical (unpaired) electrons. The van der Waals surface area contributed by atoms with E-state index in [0.717, 1.165) is 30.6 Å². The highest BCUT2D eigenvalue weighted by molar-refractivity contribution is 6.21. The van der Waals surface area contributed by atoms with Gasteiger partial charge in [-0.05, 0) is 44.0 Å². The second-order valence-corrected chi connectivity index (χ2v) is 8.65. The van der Waals surface area contributed by atoms with Gasteiger partial charge in [0.2, 0.25) is 0 Å². The first-order valence-corrected chi connectivity index (χ1v) is 11.6. The number of nitrogens with zero attached hydrogens (tertiary/aromatic N) is 1. The first-order valence-electron chi connectivity index (χ1n) is 11.6. The van der Waals surface area contributed by atoms with Gasteiger partial charge in [0.1, 0.15) is 0 Å². The molecule has 1 aliphatic heterocycles. The molecular weight excluding hydrogens is 452 g/mol. The molecule has 2 aliphatic rings.